The minimum Gasteiger partial charge on any atom is -0.299 e. The maximum atomic E-state index is 12.4. The highest BCUT2D eigenvalue weighted by molar-refractivity contribution is 7.89. The van der Waals surface area contributed by atoms with Crippen LogP contribution in [0.1, 0.15) is 45.6 Å². The zero-order valence-electron chi connectivity index (χ0n) is 14.6. The summed E-state index contributed by atoms with van der Waals surface area (Å²) in [5.41, 5.74) is 1.20. The molecule has 23 heavy (non-hydrogen) atoms. The molecule has 130 valence electrons. The molecule has 5 heteroatoms. The topological polar surface area (TPSA) is 49.4 Å². The largest absolute Gasteiger partial charge is 0.299 e. The molecule has 1 atom stereocenters. The van der Waals surface area contributed by atoms with Crippen molar-refractivity contribution in [3.05, 3.63) is 29.8 Å². The first-order chi connectivity index (χ1) is 10.9. The van der Waals surface area contributed by atoms with Gasteiger partial charge in [0.1, 0.15) is 0 Å². The minimum atomic E-state index is -3.40. The van der Waals surface area contributed by atoms with Crippen LogP contribution in [-0.4, -0.2) is 39.0 Å². The van der Waals surface area contributed by atoms with E-state index in [-0.39, 0.29) is 0 Å². The predicted octanol–water partition coefficient (Wildman–Crippen LogP) is 3.04. The quantitative estimate of drug-likeness (QED) is 0.792. The first-order valence-corrected chi connectivity index (χ1v) is 10.2. The molecule has 0 spiro atoms. The fraction of sp³-hybridized carbons (Fsp3) is 0.667. The number of sulfonamides is 1. The van der Waals surface area contributed by atoms with E-state index >= 15 is 0 Å². The second-order valence-corrected chi connectivity index (χ2v) is 8.62. The molecule has 0 bridgehead atoms. The van der Waals surface area contributed by atoms with Crippen LogP contribution in [-0.2, 0) is 16.4 Å². The van der Waals surface area contributed by atoms with Crippen molar-refractivity contribution >= 4 is 10.0 Å². The van der Waals surface area contributed by atoms with Gasteiger partial charge >= 0.3 is 0 Å². The third-order valence-corrected chi connectivity index (χ3v) is 6.10. The van der Waals surface area contributed by atoms with Crippen LogP contribution in [0.2, 0.25) is 0 Å². The molecule has 0 radical (unpaired) electrons. The average molecular weight is 339 g/mol. The Kier molecular flexibility index (Phi) is 6.62. The molecule has 1 aliphatic heterocycles. The maximum absolute atomic E-state index is 12.4. The first-order valence-electron chi connectivity index (χ1n) is 8.75. The highest BCUT2D eigenvalue weighted by Crippen LogP contribution is 2.17. The van der Waals surface area contributed by atoms with Crippen molar-refractivity contribution < 1.29 is 8.42 Å². The number of nitrogens with one attached hydrogen (secondary N) is 1. The average Bonchev–Trinajstić information content (AvgIpc) is 2.99. The molecular formula is C18H30N2O2S. The molecule has 1 aromatic carbocycles. The Labute approximate surface area is 141 Å². The van der Waals surface area contributed by atoms with Crippen LogP contribution in [0.25, 0.3) is 0 Å². The number of likely N-dealkylation sites (tertiary alicyclic amines) is 1. The molecule has 0 saturated carbocycles. The number of likely N-dealkylation sites (N-methyl/N-ethyl adjacent to an activating group) is 1. The molecule has 1 saturated heterocycles. The first kappa shape index (κ1) is 18.4. The summed E-state index contributed by atoms with van der Waals surface area (Å²) in [7, 11) is -3.40. The second kappa shape index (κ2) is 8.27. The van der Waals surface area contributed by atoms with Gasteiger partial charge in [0.15, 0.2) is 0 Å². The van der Waals surface area contributed by atoms with E-state index in [1.54, 1.807) is 12.1 Å². The number of rotatable bonds is 8. The molecular weight excluding hydrogens is 308 g/mol. The normalized spacial score (nSPS) is 19.6. The van der Waals surface area contributed by atoms with Gasteiger partial charge in [-0.15, -0.1) is 0 Å². The van der Waals surface area contributed by atoms with E-state index in [2.05, 4.69) is 30.4 Å². The summed E-state index contributed by atoms with van der Waals surface area (Å²) in [4.78, 5) is 2.71. The van der Waals surface area contributed by atoms with Gasteiger partial charge in [0.25, 0.3) is 0 Å². The van der Waals surface area contributed by atoms with Crippen LogP contribution >= 0.6 is 0 Å². The van der Waals surface area contributed by atoms with E-state index in [9.17, 15) is 8.42 Å². The molecule has 1 fully saturated rings. The van der Waals surface area contributed by atoms with E-state index in [0.717, 1.165) is 38.8 Å². The van der Waals surface area contributed by atoms with Gasteiger partial charge in [-0.05, 0) is 62.4 Å². The maximum Gasteiger partial charge on any atom is 0.240 e. The van der Waals surface area contributed by atoms with Gasteiger partial charge in [0, 0.05) is 12.6 Å². The lowest BCUT2D eigenvalue weighted by Crippen LogP contribution is -2.39. The molecule has 1 unspecified atom stereocenters. The van der Waals surface area contributed by atoms with Crippen LogP contribution in [0.3, 0.4) is 0 Å². The summed E-state index contributed by atoms with van der Waals surface area (Å²) in [6.07, 6.45) is 4.35. The second-order valence-electron chi connectivity index (χ2n) is 6.85. The Hall–Kier alpha value is -0.910. The van der Waals surface area contributed by atoms with Crippen LogP contribution < -0.4 is 4.72 Å². The molecule has 1 aliphatic rings. The van der Waals surface area contributed by atoms with Crippen molar-refractivity contribution in [2.75, 3.05) is 19.6 Å². The standard InChI is InChI=1S/C18H30N2O2S/c1-4-20-13-5-6-17(20)14-19-23(21,22)18-11-9-16(10-12-18)8-7-15(2)3/h9-12,15,17,19H,4-8,13-14H2,1-3H3. The third kappa shape index (κ3) is 5.30. The number of hydrogen-bond acceptors (Lipinski definition) is 3. The molecule has 0 amide bonds. The van der Waals surface area contributed by atoms with Crippen molar-refractivity contribution in [2.24, 2.45) is 5.92 Å². The van der Waals surface area contributed by atoms with Crippen LogP contribution in [0, 0.1) is 5.92 Å². The summed E-state index contributed by atoms with van der Waals surface area (Å²) >= 11 is 0. The monoisotopic (exact) mass is 338 g/mol. The van der Waals surface area contributed by atoms with Gasteiger partial charge in [-0.1, -0.05) is 32.9 Å². The van der Waals surface area contributed by atoms with Gasteiger partial charge in [0.05, 0.1) is 4.90 Å². The van der Waals surface area contributed by atoms with Crippen molar-refractivity contribution in [3.63, 3.8) is 0 Å². The minimum absolute atomic E-state index is 0.333. The summed E-state index contributed by atoms with van der Waals surface area (Å²) in [6.45, 7) is 9.09. The SMILES string of the molecule is CCN1CCCC1CNS(=O)(=O)c1ccc(CCC(C)C)cc1. The van der Waals surface area contributed by atoms with Crippen molar-refractivity contribution in [3.8, 4) is 0 Å². The van der Waals surface area contributed by atoms with Gasteiger partial charge in [-0.2, -0.15) is 0 Å². The van der Waals surface area contributed by atoms with Crippen LogP contribution in [0.4, 0.5) is 0 Å². The lowest BCUT2D eigenvalue weighted by Gasteiger charge is -2.22. The third-order valence-electron chi connectivity index (χ3n) is 4.66. The lowest BCUT2D eigenvalue weighted by atomic mass is 10.0. The van der Waals surface area contributed by atoms with Crippen LogP contribution in [0.15, 0.2) is 29.2 Å². The zero-order chi connectivity index (χ0) is 16.9. The van der Waals surface area contributed by atoms with E-state index in [4.69, 9.17) is 0 Å². The number of aryl methyl sites for hydroxylation is 1. The van der Waals surface area contributed by atoms with E-state index in [1.807, 2.05) is 12.1 Å². The number of benzene rings is 1. The Morgan fingerprint density at radius 3 is 2.57 bits per heavy atom. The molecule has 4 nitrogen and oxygen atoms in total. The number of nitrogens with zero attached hydrogens (tertiary/aromatic N) is 1. The smallest absolute Gasteiger partial charge is 0.240 e. The summed E-state index contributed by atoms with van der Waals surface area (Å²) in [5.74, 6) is 0.660. The Morgan fingerprint density at radius 2 is 1.96 bits per heavy atom. The van der Waals surface area contributed by atoms with E-state index in [0.29, 0.717) is 23.4 Å². The Bertz CT molecular complexity index is 582. The summed E-state index contributed by atoms with van der Waals surface area (Å²) in [6, 6.07) is 7.66. The van der Waals surface area contributed by atoms with Gasteiger partial charge in [-0.3, -0.25) is 4.90 Å². The summed E-state index contributed by atoms with van der Waals surface area (Å²) in [5, 5.41) is 0. The van der Waals surface area contributed by atoms with E-state index < -0.39 is 10.0 Å². The molecule has 0 aromatic heterocycles. The fourth-order valence-electron chi connectivity index (χ4n) is 3.12. The van der Waals surface area contributed by atoms with Gasteiger partial charge in [0.2, 0.25) is 10.0 Å². The Morgan fingerprint density at radius 1 is 1.26 bits per heavy atom. The van der Waals surface area contributed by atoms with Crippen molar-refractivity contribution in [1.82, 2.24) is 9.62 Å². The van der Waals surface area contributed by atoms with E-state index in [1.165, 1.54) is 5.56 Å². The Balaban J connectivity index is 1.93. The highest BCUT2D eigenvalue weighted by atomic mass is 32.2. The van der Waals surface area contributed by atoms with Crippen molar-refractivity contribution in [2.45, 2.75) is 57.4 Å². The fourth-order valence-corrected chi connectivity index (χ4v) is 4.20. The van der Waals surface area contributed by atoms with Gasteiger partial charge < -0.3 is 0 Å². The molecule has 1 N–H and O–H groups in total. The van der Waals surface area contributed by atoms with Crippen molar-refractivity contribution in [1.29, 1.82) is 0 Å². The molecule has 2 rings (SSSR count). The highest BCUT2D eigenvalue weighted by Gasteiger charge is 2.25. The summed E-state index contributed by atoms with van der Waals surface area (Å²) < 4.78 is 27.6. The predicted molar refractivity (Wildman–Crippen MR) is 95.1 cm³/mol. The van der Waals surface area contributed by atoms with Gasteiger partial charge in [-0.25, -0.2) is 13.1 Å². The molecule has 1 aromatic rings. The molecule has 1 heterocycles. The van der Waals surface area contributed by atoms with Crippen LogP contribution in [0.5, 0.6) is 0 Å². The zero-order valence-corrected chi connectivity index (χ0v) is 15.4. The number of hydrogen-bond donors (Lipinski definition) is 1. The lowest BCUT2D eigenvalue weighted by molar-refractivity contribution is 0.268. The molecule has 0 aliphatic carbocycles.